The number of carbonyl (C=O) groups is 1. The Labute approximate surface area is 223 Å². The molecule has 37 heavy (non-hydrogen) atoms. The second-order valence-electron chi connectivity index (χ2n) is 10.4. The Hall–Kier alpha value is -1.72. The molecule has 0 bridgehead atoms. The van der Waals surface area contributed by atoms with E-state index in [4.69, 9.17) is 9.47 Å². The molecule has 1 saturated heterocycles. The van der Waals surface area contributed by atoms with E-state index in [-0.39, 0.29) is 36.6 Å². The number of hydrogen-bond acceptors (Lipinski definition) is 7. The summed E-state index contributed by atoms with van der Waals surface area (Å²) in [7, 11) is 1.29. The lowest BCUT2D eigenvalue weighted by atomic mass is 9.88. The Bertz CT molecular complexity index is 987. The number of aryl methyl sites for hydroxylation is 2. The molecule has 1 amide bonds. The van der Waals surface area contributed by atoms with Gasteiger partial charge in [0.15, 0.2) is 0 Å². The maximum Gasteiger partial charge on any atom is 0.248 e. The fourth-order valence-corrected chi connectivity index (χ4v) is 7.19. The van der Waals surface area contributed by atoms with Crippen molar-refractivity contribution in [1.82, 2.24) is 19.0 Å². The molecule has 2 fully saturated rings. The number of piperazine rings is 1. The first-order chi connectivity index (χ1) is 17.6. The van der Waals surface area contributed by atoms with E-state index in [2.05, 4.69) is 16.7 Å². The summed E-state index contributed by atoms with van der Waals surface area (Å²) in [6.45, 7) is 11.6. The monoisotopic (exact) mass is 538 g/mol. The number of hydrogen-bond donors (Lipinski definition) is 0. The van der Waals surface area contributed by atoms with Gasteiger partial charge in [0, 0.05) is 58.9 Å². The number of sulfonamides is 1. The van der Waals surface area contributed by atoms with Crippen molar-refractivity contribution < 1.29 is 22.7 Å². The van der Waals surface area contributed by atoms with Crippen LogP contribution >= 0.6 is 0 Å². The van der Waals surface area contributed by atoms with E-state index in [9.17, 15) is 13.2 Å². The highest BCUT2D eigenvalue weighted by Crippen LogP contribution is 2.28. The molecule has 1 aromatic carbocycles. The zero-order valence-corrected chi connectivity index (χ0v) is 24.3. The van der Waals surface area contributed by atoms with Crippen molar-refractivity contribution in [3.63, 3.8) is 0 Å². The fraction of sp³-hybridized carbons (Fsp3) is 0.741. The van der Waals surface area contributed by atoms with Gasteiger partial charge < -0.3 is 19.3 Å². The van der Waals surface area contributed by atoms with Crippen molar-refractivity contribution in [2.75, 3.05) is 73.7 Å². The number of rotatable bonds is 11. The van der Waals surface area contributed by atoms with Crippen LogP contribution in [0.25, 0.3) is 0 Å². The molecule has 2 aliphatic rings. The van der Waals surface area contributed by atoms with Gasteiger partial charge in [-0.15, -0.1) is 0 Å². The highest BCUT2D eigenvalue weighted by Gasteiger charge is 2.32. The maximum atomic E-state index is 13.2. The topological polar surface area (TPSA) is 82.6 Å². The molecule has 3 rings (SSSR count). The predicted octanol–water partition coefficient (Wildman–Crippen LogP) is 2.36. The molecule has 1 saturated carbocycles. The fourth-order valence-electron chi connectivity index (χ4n) is 5.64. The van der Waals surface area contributed by atoms with Gasteiger partial charge in [-0.25, -0.2) is 8.42 Å². The molecule has 1 aliphatic heterocycles. The van der Waals surface area contributed by atoms with Gasteiger partial charge in [0.2, 0.25) is 15.9 Å². The molecular weight excluding hydrogens is 492 g/mol. The number of likely N-dealkylation sites (N-methyl/N-ethyl adjacent to an activating group) is 3. The largest absolute Gasteiger partial charge is 0.497 e. The Kier molecular flexibility index (Phi) is 10.8. The van der Waals surface area contributed by atoms with Crippen LogP contribution < -0.4 is 4.74 Å². The minimum absolute atomic E-state index is 0.0404. The van der Waals surface area contributed by atoms with Crippen LogP contribution in [0, 0.1) is 13.8 Å². The van der Waals surface area contributed by atoms with Crippen LogP contribution in [0.1, 0.15) is 43.7 Å². The third-order valence-corrected chi connectivity index (χ3v) is 10.2. The average Bonchev–Trinajstić information content (AvgIpc) is 2.89. The summed E-state index contributed by atoms with van der Waals surface area (Å²) in [5, 5.41) is 0. The first-order valence-electron chi connectivity index (χ1n) is 13.5. The normalized spacial score (nSPS) is 21.8. The molecule has 0 spiro atoms. The quantitative estimate of drug-likeness (QED) is 0.400. The second kappa shape index (κ2) is 13.4. The zero-order valence-electron chi connectivity index (χ0n) is 23.5. The first kappa shape index (κ1) is 29.8. The third-order valence-electron chi connectivity index (χ3n) is 8.04. The van der Waals surface area contributed by atoms with E-state index in [1.54, 1.807) is 33.1 Å². The molecule has 2 atom stereocenters. The van der Waals surface area contributed by atoms with Gasteiger partial charge >= 0.3 is 0 Å². The highest BCUT2D eigenvalue weighted by molar-refractivity contribution is 7.89. The van der Waals surface area contributed by atoms with Gasteiger partial charge in [-0.05, 0) is 69.3 Å². The van der Waals surface area contributed by atoms with Gasteiger partial charge in [-0.2, -0.15) is 4.31 Å². The molecule has 0 N–H and O–H groups in total. The molecule has 210 valence electrons. The molecule has 0 radical (unpaired) electrons. The van der Waals surface area contributed by atoms with Gasteiger partial charge in [0.1, 0.15) is 12.4 Å². The van der Waals surface area contributed by atoms with Crippen LogP contribution in [-0.2, 0) is 19.6 Å². The van der Waals surface area contributed by atoms with Gasteiger partial charge in [0.25, 0.3) is 0 Å². The van der Waals surface area contributed by atoms with E-state index in [0.717, 1.165) is 52.0 Å². The van der Waals surface area contributed by atoms with Crippen molar-refractivity contribution in [2.24, 2.45) is 0 Å². The summed E-state index contributed by atoms with van der Waals surface area (Å²) in [6, 6.07) is 4.21. The molecule has 1 aliphatic carbocycles. The average molecular weight is 539 g/mol. The second-order valence-corrected chi connectivity index (χ2v) is 12.4. The minimum Gasteiger partial charge on any atom is -0.497 e. The van der Waals surface area contributed by atoms with E-state index >= 15 is 0 Å². The summed E-state index contributed by atoms with van der Waals surface area (Å²) in [6.07, 6.45) is 4.37. The lowest BCUT2D eigenvalue weighted by Crippen LogP contribution is -2.53. The van der Waals surface area contributed by atoms with Crippen molar-refractivity contribution in [3.8, 4) is 5.75 Å². The summed E-state index contributed by atoms with van der Waals surface area (Å²) in [5.41, 5.74) is 1.28. The van der Waals surface area contributed by atoms with Crippen LogP contribution in [0.15, 0.2) is 17.0 Å². The van der Waals surface area contributed by atoms with Crippen LogP contribution in [0.4, 0.5) is 0 Å². The van der Waals surface area contributed by atoms with Crippen molar-refractivity contribution >= 4 is 15.9 Å². The maximum absolute atomic E-state index is 13.2. The Balaban J connectivity index is 1.46. The SMILES string of the molecule is CCN1CCN([C@@H]2CCC[C@@H](N(C)C(=O)COCCN(C)S(=O)(=O)c3c(C)cc(OC)cc3C)C2)CC1. The van der Waals surface area contributed by atoms with Crippen molar-refractivity contribution in [3.05, 3.63) is 23.3 Å². The van der Waals surface area contributed by atoms with Gasteiger partial charge in [0.05, 0.1) is 18.6 Å². The van der Waals surface area contributed by atoms with Crippen LogP contribution in [-0.4, -0.2) is 119 Å². The van der Waals surface area contributed by atoms with E-state index in [1.165, 1.54) is 17.8 Å². The molecule has 1 aromatic rings. The molecule has 0 aromatic heterocycles. The van der Waals surface area contributed by atoms with E-state index in [1.807, 2.05) is 11.9 Å². The van der Waals surface area contributed by atoms with Crippen LogP contribution in [0.3, 0.4) is 0 Å². The lowest BCUT2D eigenvalue weighted by molar-refractivity contribution is -0.138. The number of methoxy groups -OCH3 is 1. The smallest absolute Gasteiger partial charge is 0.248 e. The molecule has 10 heteroatoms. The van der Waals surface area contributed by atoms with Crippen LogP contribution in [0.5, 0.6) is 5.75 Å². The van der Waals surface area contributed by atoms with Crippen LogP contribution in [0.2, 0.25) is 0 Å². The lowest BCUT2D eigenvalue weighted by Gasteiger charge is -2.43. The number of amides is 1. The Morgan fingerprint density at radius 2 is 1.73 bits per heavy atom. The summed E-state index contributed by atoms with van der Waals surface area (Å²) in [4.78, 5) is 20.1. The number of nitrogens with zero attached hydrogens (tertiary/aromatic N) is 4. The van der Waals surface area contributed by atoms with Gasteiger partial charge in [-0.3, -0.25) is 9.69 Å². The van der Waals surface area contributed by atoms with Crippen molar-refractivity contribution in [2.45, 2.75) is 63.4 Å². The predicted molar refractivity (Wildman–Crippen MR) is 146 cm³/mol. The number of ether oxygens (including phenoxy) is 2. The van der Waals surface area contributed by atoms with Crippen molar-refractivity contribution in [1.29, 1.82) is 0 Å². The van der Waals surface area contributed by atoms with E-state index in [0.29, 0.717) is 22.9 Å². The first-order valence-corrected chi connectivity index (χ1v) is 14.9. The Morgan fingerprint density at radius 1 is 1.08 bits per heavy atom. The van der Waals surface area contributed by atoms with E-state index < -0.39 is 10.0 Å². The highest BCUT2D eigenvalue weighted by atomic mass is 32.2. The number of carbonyl (C=O) groups excluding carboxylic acids is 1. The minimum atomic E-state index is -3.69. The van der Waals surface area contributed by atoms with Gasteiger partial charge in [-0.1, -0.05) is 6.92 Å². The summed E-state index contributed by atoms with van der Waals surface area (Å²) in [5.74, 6) is 0.583. The zero-order chi connectivity index (χ0) is 27.2. The standard InChI is InChI=1S/C27H46N4O5S/c1-7-30-11-13-31(14-12-30)24-10-8-9-23(19-24)29(5)26(32)20-36-16-15-28(4)37(33,34)27-21(2)17-25(35-6)18-22(27)3/h17-18,23-24H,7-16,19-20H2,1-6H3/t23-,24-/m1/s1. The molecule has 1 heterocycles. The number of benzene rings is 1. The summed E-state index contributed by atoms with van der Waals surface area (Å²) >= 11 is 0. The Morgan fingerprint density at radius 3 is 2.32 bits per heavy atom. The molecule has 0 unspecified atom stereocenters. The molecule has 9 nitrogen and oxygen atoms in total. The molecular formula is C27H46N4O5S. The summed E-state index contributed by atoms with van der Waals surface area (Å²) < 4.78 is 38.5. The third kappa shape index (κ3) is 7.44.